The summed E-state index contributed by atoms with van der Waals surface area (Å²) in [6.45, 7) is 6.98. The van der Waals surface area contributed by atoms with Crippen LogP contribution in [0.4, 0.5) is 5.69 Å². The summed E-state index contributed by atoms with van der Waals surface area (Å²) in [5, 5.41) is 6.14. The largest absolute Gasteiger partial charge is 0.372 e. The van der Waals surface area contributed by atoms with Crippen LogP contribution in [0.2, 0.25) is 0 Å². The van der Waals surface area contributed by atoms with E-state index < -0.39 is 0 Å². The summed E-state index contributed by atoms with van der Waals surface area (Å²) in [7, 11) is 1.87. The standard InChI is InChI=1S/C17H27N3O.2ClH/c1-13(12-18-3)17(21)19-14(2)15-7-6-8-16(11-15)20-9-4-5-10-20;;/h6-8,11,13-14,18H,4-5,9-10,12H2,1-3H3,(H,19,21);2*1H. The van der Waals surface area contributed by atoms with Crippen LogP contribution in [-0.2, 0) is 4.79 Å². The third-order valence-corrected chi connectivity index (χ3v) is 4.16. The average molecular weight is 362 g/mol. The Morgan fingerprint density at radius 3 is 2.48 bits per heavy atom. The van der Waals surface area contributed by atoms with Crippen molar-refractivity contribution in [3.8, 4) is 0 Å². The monoisotopic (exact) mass is 361 g/mol. The van der Waals surface area contributed by atoms with Crippen LogP contribution in [0.5, 0.6) is 0 Å². The highest BCUT2D eigenvalue weighted by atomic mass is 35.5. The fourth-order valence-electron chi connectivity index (χ4n) is 2.80. The molecule has 0 bridgehead atoms. The van der Waals surface area contributed by atoms with Gasteiger partial charge in [-0.3, -0.25) is 4.79 Å². The Bertz CT molecular complexity index is 479. The SMILES string of the molecule is CNCC(C)C(=O)NC(C)c1cccc(N2CCCC2)c1.Cl.Cl. The molecule has 2 atom stereocenters. The minimum Gasteiger partial charge on any atom is -0.372 e. The summed E-state index contributed by atoms with van der Waals surface area (Å²) in [5.41, 5.74) is 2.44. The summed E-state index contributed by atoms with van der Waals surface area (Å²) >= 11 is 0. The first kappa shape index (κ1) is 22.0. The lowest BCUT2D eigenvalue weighted by Crippen LogP contribution is -2.35. The summed E-state index contributed by atoms with van der Waals surface area (Å²) in [5.74, 6) is 0.0858. The van der Waals surface area contributed by atoms with Crippen LogP contribution < -0.4 is 15.5 Å². The van der Waals surface area contributed by atoms with Gasteiger partial charge in [0.1, 0.15) is 0 Å². The van der Waals surface area contributed by atoms with E-state index in [2.05, 4.69) is 39.8 Å². The van der Waals surface area contributed by atoms with Crippen LogP contribution in [0.1, 0.15) is 38.3 Å². The van der Waals surface area contributed by atoms with Gasteiger partial charge in [0.15, 0.2) is 0 Å². The van der Waals surface area contributed by atoms with Crippen LogP contribution >= 0.6 is 24.8 Å². The molecule has 0 aliphatic carbocycles. The number of nitrogens with one attached hydrogen (secondary N) is 2. The van der Waals surface area contributed by atoms with E-state index in [-0.39, 0.29) is 42.7 Å². The van der Waals surface area contributed by atoms with E-state index in [1.54, 1.807) is 0 Å². The third kappa shape index (κ3) is 6.21. The van der Waals surface area contributed by atoms with Gasteiger partial charge >= 0.3 is 0 Å². The molecule has 0 aromatic heterocycles. The summed E-state index contributed by atoms with van der Waals surface area (Å²) in [6.07, 6.45) is 2.55. The Balaban J connectivity index is 0.00000242. The van der Waals surface area contributed by atoms with Gasteiger partial charge in [-0.2, -0.15) is 0 Å². The third-order valence-electron chi connectivity index (χ3n) is 4.16. The molecule has 2 rings (SSSR count). The van der Waals surface area contributed by atoms with Gasteiger partial charge in [-0.05, 0) is 44.5 Å². The normalized spacial score (nSPS) is 16.0. The van der Waals surface area contributed by atoms with E-state index in [1.807, 2.05) is 20.9 Å². The quantitative estimate of drug-likeness (QED) is 0.817. The van der Waals surface area contributed by atoms with E-state index in [0.717, 1.165) is 13.1 Å². The Morgan fingerprint density at radius 2 is 1.87 bits per heavy atom. The van der Waals surface area contributed by atoms with Crippen LogP contribution in [0.3, 0.4) is 0 Å². The smallest absolute Gasteiger partial charge is 0.224 e. The lowest BCUT2D eigenvalue weighted by molar-refractivity contribution is -0.125. The zero-order chi connectivity index (χ0) is 15.2. The molecule has 1 aliphatic heterocycles. The van der Waals surface area contributed by atoms with Crippen molar-refractivity contribution in [2.24, 2.45) is 5.92 Å². The maximum atomic E-state index is 12.1. The summed E-state index contributed by atoms with van der Waals surface area (Å²) in [4.78, 5) is 14.5. The van der Waals surface area contributed by atoms with Crippen molar-refractivity contribution < 1.29 is 4.79 Å². The predicted octanol–water partition coefficient (Wildman–Crippen LogP) is 3.16. The number of amides is 1. The van der Waals surface area contributed by atoms with Crippen LogP contribution in [0.15, 0.2) is 24.3 Å². The van der Waals surface area contributed by atoms with Crippen molar-refractivity contribution in [1.29, 1.82) is 0 Å². The van der Waals surface area contributed by atoms with Gasteiger partial charge in [0, 0.05) is 31.2 Å². The minimum atomic E-state index is -0.0146. The second-order valence-corrected chi connectivity index (χ2v) is 5.98. The van der Waals surface area contributed by atoms with Gasteiger partial charge in [0.05, 0.1) is 6.04 Å². The Morgan fingerprint density at radius 1 is 1.22 bits per heavy atom. The van der Waals surface area contributed by atoms with Crippen molar-refractivity contribution in [3.05, 3.63) is 29.8 Å². The number of carbonyl (C=O) groups excluding carboxylic acids is 1. The van der Waals surface area contributed by atoms with E-state index in [9.17, 15) is 4.79 Å². The number of rotatable bonds is 6. The van der Waals surface area contributed by atoms with E-state index in [1.165, 1.54) is 24.1 Å². The second kappa shape index (κ2) is 10.7. The van der Waals surface area contributed by atoms with Crippen molar-refractivity contribution >= 4 is 36.4 Å². The Kier molecular flexibility index (Phi) is 10.3. The van der Waals surface area contributed by atoms with Gasteiger partial charge in [0.2, 0.25) is 5.91 Å². The fraction of sp³-hybridized carbons (Fsp3) is 0.588. The molecule has 2 unspecified atom stereocenters. The van der Waals surface area contributed by atoms with Crippen molar-refractivity contribution in [2.45, 2.75) is 32.7 Å². The van der Waals surface area contributed by atoms with Gasteiger partial charge < -0.3 is 15.5 Å². The lowest BCUT2D eigenvalue weighted by Gasteiger charge is -2.21. The summed E-state index contributed by atoms with van der Waals surface area (Å²) < 4.78 is 0. The number of hydrogen-bond acceptors (Lipinski definition) is 3. The first-order valence-corrected chi connectivity index (χ1v) is 7.91. The van der Waals surface area contributed by atoms with Crippen molar-refractivity contribution in [1.82, 2.24) is 10.6 Å². The van der Waals surface area contributed by atoms with Gasteiger partial charge in [-0.15, -0.1) is 24.8 Å². The number of carbonyl (C=O) groups is 1. The fourth-order valence-corrected chi connectivity index (χ4v) is 2.80. The number of hydrogen-bond donors (Lipinski definition) is 2. The highest BCUT2D eigenvalue weighted by Gasteiger charge is 2.17. The molecule has 2 N–H and O–H groups in total. The molecule has 6 heteroatoms. The van der Waals surface area contributed by atoms with E-state index in [0.29, 0.717) is 6.54 Å². The van der Waals surface area contributed by atoms with Crippen LogP contribution in [-0.4, -0.2) is 32.6 Å². The average Bonchev–Trinajstić information content (AvgIpc) is 3.01. The van der Waals surface area contributed by atoms with Crippen molar-refractivity contribution in [3.63, 3.8) is 0 Å². The molecule has 1 fully saturated rings. The summed E-state index contributed by atoms with van der Waals surface area (Å²) in [6, 6.07) is 8.58. The van der Waals surface area contributed by atoms with Gasteiger partial charge in [-0.25, -0.2) is 0 Å². The molecule has 1 aromatic rings. The maximum Gasteiger partial charge on any atom is 0.224 e. The van der Waals surface area contributed by atoms with E-state index in [4.69, 9.17) is 0 Å². The topological polar surface area (TPSA) is 44.4 Å². The number of nitrogens with zero attached hydrogens (tertiary/aromatic N) is 1. The molecule has 23 heavy (non-hydrogen) atoms. The number of halogens is 2. The molecule has 0 saturated carbocycles. The molecular weight excluding hydrogens is 333 g/mol. The second-order valence-electron chi connectivity index (χ2n) is 5.98. The minimum absolute atomic E-state index is 0. The number of anilines is 1. The van der Waals surface area contributed by atoms with Gasteiger partial charge in [-0.1, -0.05) is 19.1 Å². The molecule has 132 valence electrons. The first-order valence-electron chi connectivity index (χ1n) is 7.91. The van der Waals surface area contributed by atoms with Crippen molar-refractivity contribution in [2.75, 3.05) is 31.6 Å². The molecule has 1 amide bonds. The molecule has 4 nitrogen and oxygen atoms in total. The molecular formula is C17H29Cl2N3O. The molecule has 1 saturated heterocycles. The first-order chi connectivity index (χ1) is 10.1. The zero-order valence-corrected chi connectivity index (χ0v) is 15.8. The predicted molar refractivity (Wildman–Crippen MR) is 102 cm³/mol. The number of benzene rings is 1. The zero-order valence-electron chi connectivity index (χ0n) is 14.2. The molecule has 1 aliphatic rings. The maximum absolute atomic E-state index is 12.1. The Labute approximate surface area is 152 Å². The molecule has 1 aromatic carbocycles. The van der Waals surface area contributed by atoms with E-state index >= 15 is 0 Å². The van der Waals surface area contributed by atoms with Crippen LogP contribution in [0, 0.1) is 5.92 Å². The lowest BCUT2D eigenvalue weighted by atomic mass is 10.1. The molecule has 0 radical (unpaired) electrons. The Hall–Kier alpha value is -0.970. The van der Waals surface area contributed by atoms with Gasteiger partial charge in [0.25, 0.3) is 0 Å². The molecule has 0 spiro atoms. The highest BCUT2D eigenvalue weighted by molar-refractivity contribution is 5.85. The highest BCUT2D eigenvalue weighted by Crippen LogP contribution is 2.24. The molecule has 1 heterocycles. The van der Waals surface area contributed by atoms with Crippen LogP contribution in [0.25, 0.3) is 0 Å².